The molecule has 3 aromatic rings. The first-order valence-electron chi connectivity index (χ1n) is 11.5. The van der Waals surface area contributed by atoms with Crippen molar-refractivity contribution < 1.29 is 4.42 Å². The fraction of sp³-hybridized carbons (Fsp3) is 0.462. The zero-order chi connectivity index (χ0) is 21.0. The summed E-state index contributed by atoms with van der Waals surface area (Å²) >= 11 is 0. The minimum Gasteiger partial charge on any atom is -0.423 e. The Kier molecular flexibility index (Phi) is 9.10. The molecule has 30 heavy (non-hydrogen) atoms. The van der Waals surface area contributed by atoms with Gasteiger partial charge in [0.15, 0.2) is 0 Å². The van der Waals surface area contributed by atoms with Crippen molar-refractivity contribution in [3.8, 4) is 0 Å². The monoisotopic (exact) mass is 405 g/mol. The van der Waals surface area contributed by atoms with E-state index in [1.165, 1.54) is 24.8 Å². The van der Waals surface area contributed by atoms with Gasteiger partial charge in [-0.05, 0) is 30.5 Å². The summed E-state index contributed by atoms with van der Waals surface area (Å²) in [5, 5.41) is 4.68. The SMILES string of the molecule is CCCCCCC(NCc1ccccc1)c1nc2ccccc2c(=NCCCC)o1. The lowest BCUT2D eigenvalue weighted by Crippen LogP contribution is -2.24. The maximum absolute atomic E-state index is 6.30. The topological polar surface area (TPSA) is 50.4 Å². The molecule has 0 bridgehead atoms. The highest BCUT2D eigenvalue weighted by Gasteiger charge is 2.17. The molecular formula is C26H35N3O. The van der Waals surface area contributed by atoms with Crippen molar-refractivity contribution in [2.24, 2.45) is 4.99 Å². The highest BCUT2D eigenvalue weighted by molar-refractivity contribution is 5.76. The first-order chi connectivity index (χ1) is 14.8. The van der Waals surface area contributed by atoms with E-state index in [-0.39, 0.29) is 6.04 Å². The van der Waals surface area contributed by atoms with Crippen LogP contribution in [0.5, 0.6) is 0 Å². The molecule has 2 aromatic carbocycles. The summed E-state index contributed by atoms with van der Waals surface area (Å²) in [6.45, 7) is 6.01. The van der Waals surface area contributed by atoms with Gasteiger partial charge in [-0.3, -0.25) is 4.99 Å². The van der Waals surface area contributed by atoms with Crippen LogP contribution in [0.15, 0.2) is 64.0 Å². The van der Waals surface area contributed by atoms with Crippen molar-refractivity contribution in [2.75, 3.05) is 6.54 Å². The van der Waals surface area contributed by atoms with Crippen LogP contribution in [0.1, 0.15) is 76.3 Å². The standard InChI is InChI=1S/C26H35N3O/c1-3-5-7-11-18-24(28-20-21-14-9-8-10-15-21)26-29-23-17-13-12-16-22(23)25(30-26)27-19-6-4-2/h8-10,12-17,24,28H,3-7,11,18-20H2,1-2H3. The van der Waals surface area contributed by atoms with Crippen LogP contribution >= 0.6 is 0 Å². The minimum atomic E-state index is 0.0757. The Hall–Kier alpha value is -2.46. The van der Waals surface area contributed by atoms with Gasteiger partial charge in [0.2, 0.25) is 11.4 Å². The molecule has 1 unspecified atom stereocenters. The molecule has 0 saturated carbocycles. The molecule has 1 aromatic heterocycles. The Morgan fingerprint density at radius 2 is 1.67 bits per heavy atom. The number of hydrogen-bond donors (Lipinski definition) is 1. The Bertz CT molecular complexity index is 949. The van der Waals surface area contributed by atoms with Gasteiger partial charge in [-0.15, -0.1) is 0 Å². The van der Waals surface area contributed by atoms with Gasteiger partial charge >= 0.3 is 0 Å². The van der Waals surface area contributed by atoms with Crippen molar-refractivity contribution in [1.82, 2.24) is 10.3 Å². The quantitative estimate of drug-likeness (QED) is 0.358. The van der Waals surface area contributed by atoms with Crippen LogP contribution in [0.2, 0.25) is 0 Å². The second-order valence-corrected chi connectivity index (χ2v) is 7.88. The number of aromatic nitrogens is 1. The van der Waals surface area contributed by atoms with E-state index in [9.17, 15) is 0 Å². The summed E-state index contributed by atoms with van der Waals surface area (Å²) in [5.74, 6) is 0.747. The maximum atomic E-state index is 6.30. The molecule has 0 saturated heterocycles. The van der Waals surface area contributed by atoms with E-state index in [4.69, 9.17) is 14.4 Å². The summed E-state index contributed by atoms with van der Waals surface area (Å²) in [6.07, 6.45) is 8.10. The number of nitrogens with one attached hydrogen (secondary N) is 1. The normalized spacial score (nSPS) is 13.1. The molecule has 4 nitrogen and oxygen atoms in total. The van der Waals surface area contributed by atoms with Crippen LogP contribution in [-0.2, 0) is 6.54 Å². The van der Waals surface area contributed by atoms with Gasteiger partial charge < -0.3 is 9.73 Å². The van der Waals surface area contributed by atoms with Crippen LogP contribution in [0.3, 0.4) is 0 Å². The molecule has 3 rings (SSSR count). The largest absolute Gasteiger partial charge is 0.423 e. The molecule has 0 amide bonds. The molecule has 0 fully saturated rings. The lowest BCUT2D eigenvalue weighted by molar-refractivity contribution is 0.340. The van der Waals surface area contributed by atoms with E-state index >= 15 is 0 Å². The molecule has 1 heterocycles. The number of fused-ring (bicyclic) bond motifs is 1. The Morgan fingerprint density at radius 3 is 2.47 bits per heavy atom. The average molecular weight is 406 g/mol. The van der Waals surface area contributed by atoms with Gasteiger partial charge in [0.1, 0.15) is 0 Å². The third-order valence-corrected chi connectivity index (χ3v) is 5.37. The van der Waals surface area contributed by atoms with Gasteiger partial charge in [0, 0.05) is 13.1 Å². The number of rotatable bonds is 12. The molecule has 1 N–H and O–H groups in total. The summed E-state index contributed by atoms with van der Waals surface area (Å²) in [4.78, 5) is 9.65. The number of para-hydroxylation sites is 1. The van der Waals surface area contributed by atoms with Gasteiger partial charge in [0.05, 0.1) is 16.9 Å². The minimum absolute atomic E-state index is 0.0757. The first kappa shape index (κ1) is 22.2. The van der Waals surface area contributed by atoms with Gasteiger partial charge in [-0.1, -0.05) is 88.4 Å². The Morgan fingerprint density at radius 1 is 0.900 bits per heavy atom. The molecular weight excluding hydrogens is 370 g/mol. The number of hydrogen-bond acceptors (Lipinski definition) is 4. The lowest BCUT2D eigenvalue weighted by Gasteiger charge is -2.18. The Balaban J connectivity index is 1.88. The third kappa shape index (κ3) is 6.53. The van der Waals surface area contributed by atoms with E-state index in [2.05, 4.69) is 55.6 Å². The molecule has 1 atom stereocenters. The zero-order valence-electron chi connectivity index (χ0n) is 18.4. The fourth-order valence-corrected chi connectivity index (χ4v) is 3.58. The molecule has 0 aliphatic carbocycles. The molecule has 0 aliphatic rings. The van der Waals surface area contributed by atoms with E-state index in [1.54, 1.807) is 0 Å². The lowest BCUT2D eigenvalue weighted by atomic mass is 10.1. The number of nitrogens with zero attached hydrogens (tertiary/aromatic N) is 2. The van der Waals surface area contributed by atoms with Crippen LogP contribution < -0.4 is 10.9 Å². The molecule has 4 heteroatoms. The van der Waals surface area contributed by atoms with E-state index in [0.717, 1.165) is 55.6 Å². The van der Waals surface area contributed by atoms with Crippen LogP contribution in [-0.4, -0.2) is 11.5 Å². The molecule has 0 radical (unpaired) electrons. The summed E-state index contributed by atoms with van der Waals surface area (Å²) in [6, 6.07) is 18.7. The van der Waals surface area contributed by atoms with Crippen molar-refractivity contribution in [3.63, 3.8) is 0 Å². The number of unbranched alkanes of at least 4 members (excludes halogenated alkanes) is 4. The molecule has 0 aliphatic heterocycles. The van der Waals surface area contributed by atoms with Gasteiger partial charge in [0.25, 0.3) is 0 Å². The maximum Gasteiger partial charge on any atom is 0.225 e. The number of benzene rings is 2. The zero-order valence-corrected chi connectivity index (χ0v) is 18.4. The van der Waals surface area contributed by atoms with Crippen LogP contribution in [0, 0.1) is 0 Å². The van der Waals surface area contributed by atoms with E-state index in [0.29, 0.717) is 5.55 Å². The molecule has 160 valence electrons. The molecule has 0 spiro atoms. The third-order valence-electron chi connectivity index (χ3n) is 5.37. The summed E-state index contributed by atoms with van der Waals surface area (Å²) < 4.78 is 6.30. The summed E-state index contributed by atoms with van der Waals surface area (Å²) in [5.41, 5.74) is 2.93. The van der Waals surface area contributed by atoms with Gasteiger partial charge in [-0.2, -0.15) is 0 Å². The van der Waals surface area contributed by atoms with E-state index < -0.39 is 0 Å². The predicted octanol–water partition coefficient (Wildman–Crippen LogP) is 6.33. The highest BCUT2D eigenvalue weighted by atomic mass is 16.3. The van der Waals surface area contributed by atoms with Gasteiger partial charge in [-0.25, -0.2) is 4.98 Å². The fourth-order valence-electron chi connectivity index (χ4n) is 3.58. The average Bonchev–Trinajstić information content (AvgIpc) is 2.79. The highest BCUT2D eigenvalue weighted by Crippen LogP contribution is 2.21. The Labute approximate surface area is 180 Å². The van der Waals surface area contributed by atoms with Crippen molar-refractivity contribution in [2.45, 2.75) is 71.4 Å². The van der Waals surface area contributed by atoms with Crippen molar-refractivity contribution >= 4 is 10.9 Å². The predicted molar refractivity (Wildman–Crippen MR) is 124 cm³/mol. The smallest absolute Gasteiger partial charge is 0.225 e. The second kappa shape index (κ2) is 12.3. The first-order valence-corrected chi connectivity index (χ1v) is 11.5. The summed E-state index contributed by atoms with van der Waals surface area (Å²) in [7, 11) is 0. The van der Waals surface area contributed by atoms with Crippen LogP contribution in [0.25, 0.3) is 10.9 Å². The van der Waals surface area contributed by atoms with Crippen molar-refractivity contribution in [3.05, 3.63) is 71.6 Å². The van der Waals surface area contributed by atoms with Crippen LogP contribution in [0.4, 0.5) is 0 Å². The van der Waals surface area contributed by atoms with E-state index in [1.807, 2.05) is 18.2 Å². The van der Waals surface area contributed by atoms with Crippen molar-refractivity contribution in [1.29, 1.82) is 0 Å². The second-order valence-electron chi connectivity index (χ2n) is 7.88.